The number of halogens is 3. The first kappa shape index (κ1) is 17.3. The van der Waals surface area contributed by atoms with Crippen molar-refractivity contribution in [1.29, 1.82) is 0 Å². The van der Waals surface area contributed by atoms with E-state index in [4.69, 9.17) is 4.74 Å². The van der Waals surface area contributed by atoms with Crippen molar-refractivity contribution in [2.24, 2.45) is 5.92 Å². The highest BCUT2D eigenvalue weighted by Gasteiger charge is 2.29. The smallest absolute Gasteiger partial charge is 0.425 e. The number of carbonyl (C=O) groups is 1. The van der Waals surface area contributed by atoms with Gasteiger partial charge in [-0.3, -0.25) is 4.79 Å². The molecule has 0 spiro atoms. The summed E-state index contributed by atoms with van der Waals surface area (Å²) in [5.74, 6) is 0.354. The fourth-order valence-corrected chi connectivity index (χ4v) is 3.49. The number of alkyl halides is 3. The van der Waals surface area contributed by atoms with Crippen LogP contribution in [-0.2, 0) is 13.0 Å². The average Bonchev–Trinajstić information content (AvgIpc) is 2.86. The Balaban J connectivity index is 2.17. The van der Waals surface area contributed by atoms with E-state index < -0.39 is 24.8 Å². The number of hydrogen-bond acceptors (Lipinski definition) is 2. The molecule has 0 saturated heterocycles. The van der Waals surface area contributed by atoms with Crippen LogP contribution in [0.1, 0.15) is 29.9 Å². The van der Waals surface area contributed by atoms with Crippen LogP contribution in [-0.4, -0.2) is 25.6 Å². The van der Waals surface area contributed by atoms with Crippen molar-refractivity contribution in [3.8, 4) is 5.75 Å². The molecule has 0 saturated carbocycles. The summed E-state index contributed by atoms with van der Waals surface area (Å²) in [4.78, 5) is 12.1. The molecule has 1 aliphatic heterocycles. The van der Waals surface area contributed by atoms with Gasteiger partial charge in [0.2, 0.25) is 0 Å². The Bertz CT molecular complexity index is 815. The van der Waals surface area contributed by atoms with Crippen LogP contribution < -0.4 is 10.1 Å². The summed E-state index contributed by atoms with van der Waals surface area (Å²) in [5.41, 5.74) is 2.43. The highest BCUT2D eigenvalue weighted by Crippen LogP contribution is 2.36. The van der Waals surface area contributed by atoms with Crippen molar-refractivity contribution in [2.45, 2.75) is 30.9 Å². The van der Waals surface area contributed by atoms with Gasteiger partial charge >= 0.3 is 4.12 Å². The Morgan fingerprint density at radius 3 is 2.83 bits per heavy atom. The number of benzene rings is 1. The molecule has 0 aliphatic carbocycles. The van der Waals surface area contributed by atoms with E-state index in [0.717, 1.165) is 22.9 Å². The molecule has 3 rings (SSSR count). The molecule has 130 valence electrons. The molecule has 4 nitrogen and oxygen atoms in total. The largest absolute Gasteiger partial charge is 0.445 e. The maximum atomic E-state index is 13.6. The second-order valence-corrected chi connectivity index (χ2v) is 8.26. The van der Waals surface area contributed by atoms with E-state index in [1.54, 1.807) is 18.2 Å². The molecule has 2 aromatic rings. The minimum Gasteiger partial charge on any atom is -0.425 e. The van der Waals surface area contributed by atoms with Gasteiger partial charge in [-0.25, -0.2) is 0 Å². The number of carbonyl (C=O) groups excluding carboxylic acids is 1. The Morgan fingerprint density at radius 2 is 2.17 bits per heavy atom. The highest BCUT2D eigenvalue weighted by atomic mass is 127. The number of nitrogens with zero attached hydrogens (tertiary/aromatic N) is 1. The number of rotatable bonds is 5. The lowest BCUT2D eigenvalue weighted by Gasteiger charge is -2.19. The van der Waals surface area contributed by atoms with Crippen LogP contribution in [0.3, 0.4) is 0 Å². The van der Waals surface area contributed by atoms with Gasteiger partial charge < -0.3 is 14.6 Å². The lowest BCUT2D eigenvalue weighted by Crippen LogP contribution is -2.35. The Hall–Kier alpha value is -1.51. The summed E-state index contributed by atoms with van der Waals surface area (Å²) >= 11 is -1.62. The first-order valence-electron chi connectivity index (χ1n) is 7.71. The van der Waals surface area contributed by atoms with Crippen molar-refractivity contribution in [1.82, 2.24) is 9.88 Å². The molecule has 0 atom stereocenters. The average molecular weight is 448 g/mol. The molecule has 7 heteroatoms. The van der Waals surface area contributed by atoms with E-state index in [-0.39, 0.29) is 11.7 Å². The Kier molecular flexibility index (Phi) is 4.63. The van der Waals surface area contributed by atoms with E-state index in [1.165, 1.54) is 0 Å². The molecule has 1 aromatic heterocycles. The van der Waals surface area contributed by atoms with Gasteiger partial charge in [-0.2, -0.15) is 8.78 Å². The van der Waals surface area contributed by atoms with Crippen LogP contribution in [0.15, 0.2) is 18.2 Å². The zero-order chi connectivity index (χ0) is 17.5. The molecular weight excluding hydrogens is 429 g/mol. The zero-order valence-electron chi connectivity index (χ0n) is 13.5. The van der Waals surface area contributed by atoms with Gasteiger partial charge in [-0.05, 0) is 36.1 Å². The van der Waals surface area contributed by atoms with Crippen molar-refractivity contribution >= 4 is 42.1 Å². The lowest BCUT2D eigenvalue weighted by molar-refractivity contribution is -0.0692. The molecule has 0 radical (unpaired) electrons. The topological polar surface area (TPSA) is 43.3 Å². The van der Waals surface area contributed by atoms with Gasteiger partial charge in [-0.15, -0.1) is 0 Å². The van der Waals surface area contributed by atoms with Crippen molar-refractivity contribution in [3.63, 3.8) is 0 Å². The summed E-state index contributed by atoms with van der Waals surface area (Å²) in [6.45, 7) is 5.39. The SMILES string of the molecule is C=IC(F)(F)Oc1cc(CC(C)C)c2c(c1)cc1n2CCNC1=O. The van der Waals surface area contributed by atoms with Crippen molar-refractivity contribution < 1.29 is 18.3 Å². The monoisotopic (exact) mass is 448 g/mol. The number of ether oxygens (including phenoxy) is 1. The fourth-order valence-electron chi connectivity index (χ4n) is 3.08. The third-order valence-electron chi connectivity index (χ3n) is 3.92. The summed E-state index contributed by atoms with van der Waals surface area (Å²) in [6, 6.07) is 5.01. The molecule has 0 fully saturated rings. The second kappa shape index (κ2) is 6.42. The molecule has 2 heterocycles. The summed E-state index contributed by atoms with van der Waals surface area (Å²) in [7, 11) is 0. The zero-order valence-corrected chi connectivity index (χ0v) is 15.7. The van der Waals surface area contributed by atoms with Gasteiger partial charge in [0.05, 0.1) is 5.52 Å². The third-order valence-corrected chi connectivity index (χ3v) is 5.02. The van der Waals surface area contributed by atoms with E-state index in [9.17, 15) is 13.6 Å². The minimum absolute atomic E-state index is 0.134. The van der Waals surface area contributed by atoms with Crippen LogP contribution >= 0.6 is 20.7 Å². The van der Waals surface area contributed by atoms with Crippen LogP contribution in [0.4, 0.5) is 8.78 Å². The van der Waals surface area contributed by atoms with E-state index in [1.807, 2.05) is 4.57 Å². The van der Waals surface area contributed by atoms with Crippen LogP contribution in [0.25, 0.3) is 10.9 Å². The molecular formula is C17H19F2IN2O2. The van der Waals surface area contributed by atoms with E-state index >= 15 is 0 Å². The number of nitrogens with one attached hydrogen (secondary N) is 1. The quantitative estimate of drug-likeness (QED) is 0.557. The van der Waals surface area contributed by atoms with Gasteiger partial charge in [-0.1, -0.05) is 18.4 Å². The van der Waals surface area contributed by atoms with Crippen LogP contribution in [0.5, 0.6) is 5.75 Å². The van der Waals surface area contributed by atoms with Gasteiger partial charge in [0, 0.05) is 39.2 Å². The third kappa shape index (κ3) is 3.31. The molecule has 0 bridgehead atoms. The van der Waals surface area contributed by atoms with Gasteiger partial charge in [0.25, 0.3) is 5.91 Å². The number of aromatic nitrogens is 1. The molecule has 1 amide bonds. The van der Waals surface area contributed by atoms with Gasteiger partial charge in [0.15, 0.2) is 0 Å². The fraction of sp³-hybridized carbons (Fsp3) is 0.412. The summed E-state index contributed by atoms with van der Waals surface area (Å²) < 4.78 is 34.2. The predicted molar refractivity (Wildman–Crippen MR) is 99.5 cm³/mol. The molecule has 1 aliphatic rings. The Morgan fingerprint density at radius 1 is 1.42 bits per heavy atom. The number of fused-ring (bicyclic) bond motifs is 3. The summed E-state index contributed by atoms with van der Waals surface area (Å²) in [6.07, 6.45) is 0.726. The van der Waals surface area contributed by atoms with E-state index in [2.05, 4.69) is 23.7 Å². The molecule has 1 aromatic carbocycles. The maximum Gasteiger partial charge on any atom is 0.445 e. The first-order chi connectivity index (χ1) is 11.3. The number of amides is 1. The number of hydrogen-bond donors (Lipinski definition) is 1. The first-order valence-corrected chi connectivity index (χ1v) is 10.3. The highest BCUT2D eigenvalue weighted by molar-refractivity contribution is 14.2. The van der Waals surface area contributed by atoms with Crippen LogP contribution in [0.2, 0.25) is 0 Å². The van der Waals surface area contributed by atoms with Gasteiger partial charge in [0.1, 0.15) is 11.4 Å². The van der Waals surface area contributed by atoms with Crippen molar-refractivity contribution in [2.75, 3.05) is 6.54 Å². The summed E-state index contributed by atoms with van der Waals surface area (Å²) in [5, 5.41) is 3.56. The molecule has 1 N–H and O–H groups in total. The predicted octanol–water partition coefficient (Wildman–Crippen LogP) is 3.92. The Labute approximate surface area is 148 Å². The van der Waals surface area contributed by atoms with Crippen molar-refractivity contribution in [3.05, 3.63) is 29.5 Å². The standard InChI is InChI=1S/C17H19F2IN2O2/c1-10(2)6-11-7-13(24-17(18,19)20-3)8-12-9-14-16(23)21-4-5-22(14)15(11)12/h7-10H,3-6H2,1-2H3,(H,21,23). The van der Waals surface area contributed by atoms with E-state index in [0.29, 0.717) is 24.7 Å². The molecule has 24 heavy (non-hydrogen) atoms. The lowest BCUT2D eigenvalue weighted by atomic mass is 10.0. The van der Waals surface area contributed by atoms with Crippen LogP contribution in [0, 0.1) is 5.92 Å². The minimum atomic E-state index is -3.20. The normalized spacial score (nSPS) is 14.8. The maximum absolute atomic E-state index is 13.6. The molecule has 0 unspecified atom stereocenters. The second-order valence-electron chi connectivity index (χ2n) is 6.24.